The molecule has 0 unspecified atom stereocenters. The Kier molecular flexibility index (Phi) is 4.50. The summed E-state index contributed by atoms with van der Waals surface area (Å²) in [4.78, 5) is 0. The molecule has 0 atom stereocenters. The van der Waals surface area contributed by atoms with Gasteiger partial charge >= 0.3 is 0 Å². The van der Waals surface area contributed by atoms with E-state index in [9.17, 15) is 0 Å². The van der Waals surface area contributed by atoms with Crippen LogP contribution in [0.4, 0.5) is 0 Å². The van der Waals surface area contributed by atoms with E-state index in [0.29, 0.717) is 18.1 Å². The minimum atomic E-state index is 0.624. The van der Waals surface area contributed by atoms with Crippen LogP contribution < -0.4 is 10.1 Å². The van der Waals surface area contributed by atoms with E-state index in [1.54, 1.807) is 13.3 Å². The molecule has 0 saturated carbocycles. The summed E-state index contributed by atoms with van der Waals surface area (Å²) in [6, 6.07) is 9.39. The zero-order valence-corrected chi connectivity index (χ0v) is 10.8. The van der Waals surface area contributed by atoms with Gasteiger partial charge < -0.3 is 10.1 Å². The molecule has 0 saturated heterocycles. The molecule has 1 heterocycles. The Balaban J connectivity index is 1.98. The molecule has 0 spiro atoms. The number of ether oxygens (including phenoxy) is 1. The molecule has 18 heavy (non-hydrogen) atoms. The third kappa shape index (κ3) is 3.18. The van der Waals surface area contributed by atoms with Gasteiger partial charge in [-0.1, -0.05) is 17.7 Å². The number of hydrogen-bond acceptors (Lipinski definition) is 4. The van der Waals surface area contributed by atoms with Crippen LogP contribution in [0, 0.1) is 0 Å². The van der Waals surface area contributed by atoms with Crippen molar-refractivity contribution in [3.05, 3.63) is 52.8 Å². The van der Waals surface area contributed by atoms with Gasteiger partial charge in [0.05, 0.1) is 12.8 Å². The van der Waals surface area contributed by atoms with Crippen molar-refractivity contribution < 1.29 is 4.74 Å². The third-order valence-corrected chi connectivity index (χ3v) is 2.89. The maximum atomic E-state index is 6.14. The highest BCUT2D eigenvalue weighted by Gasteiger charge is 2.06. The Morgan fingerprint density at radius 3 is 2.83 bits per heavy atom. The summed E-state index contributed by atoms with van der Waals surface area (Å²) in [5.74, 6) is 0.786. The molecule has 2 aromatic rings. The lowest BCUT2D eigenvalue weighted by molar-refractivity contribution is 0.407. The van der Waals surface area contributed by atoms with Crippen LogP contribution in [0.3, 0.4) is 0 Å². The molecule has 0 bridgehead atoms. The first-order valence-corrected chi connectivity index (χ1v) is 5.97. The Morgan fingerprint density at radius 2 is 2.11 bits per heavy atom. The number of nitrogens with zero attached hydrogens (tertiary/aromatic N) is 2. The topological polar surface area (TPSA) is 47.0 Å². The second kappa shape index (κ2) is 6.33. The molecule has 1 aromatic heterocycles. The van der Waals surface area contributed by atoms with Crippen LogP contribution in [0.15, 0.2) is 36.5 Å². The molecule has 4 nitrogen and oxygen atoms in total. The first-order chi connectivity index (χ1) is 8.81. The molecule has 0 amide bonds. The third-order valence-electron chi connectivity index (χ3n) is 2.53. The fourth-order valence-electron chi connectivity index (χ4n) is 1.64. The fraction of sp³-hybridized carbons (Fsp3) is 0.231. The van der Waals surface area contributed by atoms with Gasteiger partial charge in [0.15, 0.2) is 0 Å². The predicted octanol–water partition coefficient (Wildman–Crippen LogP) is 2.43. The number of benzene rings is 1. The van der Waals surface area contributed by atoms with Crippen molar-refractivity contribution in [1.29, 1.82) is 0 Å². The molecule has 1 aromatic carbocycles. The molecule has 0 aliphatic carbocycles. The van der Waals surface area contributed by atoms with Crippen LogP contribution in [-0.2, 0) is 13.1 Å². The van der Waals surface area contributed by atoms with Gasteiger partial charge in [0.1, 0.15) is 5.75 Å². The number of aromatic nitrogens is 2. The summed E-state index contributed by atoms with van der Waals surface area (Å²) >= 11 is 6.14. The van der Waals surface area contributed by atoms with Gasteiger partial charge in [0.25, 0.3) is 0 Å². The average Bonchev–Trinajstić information content (AvgIpc) is 2.41. The van der Waals surface area contributed by atoms with Crippen molar-refractivity contribution in [3.8, 4) is 5.75 Å². The van der Waals surface area contributed by atoms with E-state index in [1.165, 1.54) is 0 Å². The Labute approximate surface area is 111 Å². The van der Waals surface area contributed by atoms with E-state index in [-0.39, 0.29) is 0 Å². The van der Waals surface area contributed by atoms with Crippen molar-refractivity contribution in [1.82, 2.24) is 15.5 Å². The van der Waals surface area contributed by atoms with Gasteiger partial charge in [-0.2, -0.15) is 10.2 Å². The first-order valence-electron chi connectivity index (χ1n) is 5.60. The summed E-state index contributed by atoms with van der Waals surface area (Å²) in [7, 11) is 1.64. The maximum absolute atomic E-state index is 6.14. The molecule has 1 N–H and O–H groups in total. The van der Waals surface area contributed by atoms with Crippen LogP contribution in [0.25, 0.3) is 0 Å². The SMILES string of the molecule is COc1cccc(Cl)c1CNCc1cccnn1. The smallest absolute Gasteiger partial charge is 0.124 e. The van der Waals surface area contributed by atoms with E-state index >= 15 is 0 Å². The predicted molar refractivity (Wildman–Crippen MR) is 70.6 cm³/mol. The standard InChI is InChI=1S/C13H14ClN3O/c1-18-13-6-2-5-12(14)11(13)9-15-8-10-4-3-7-16-17-10/h2-7,15H,8-9H2,1H3. The molecule has 0 fully saturated rings. The van der Waals surface area contributed by atoms with Gasteiger partial charge in [-0.15, -0.1) is 0 Å². The Morgan fingerprint density at radius 1 is 1.22 bits per heavy atom. The van der Waals surface area contributed by atoms with Gasteiger partial charge in [-0.3, -0.25) is 0 Å². The van der Waals surface area contributed by atoms with Crippen molar-refractivity contribution in [2.45, 2.75) is 13.1 Å². The van der Waals surface area contributed by atoms with Crippen molar-refractivity contribution in [2.75, 3.05) is 7.11 Å². The molecule has 0 aliphatic heterocycles. The molecule has 0 aliphatic rings. The van der Waals surface area contributed by atoms with Crippen molar-refractivity contribution in [2.24, 2.45) is 0 Å². The molecule has 94 valence electrons. The normalized spacial score (nSPS) is 10.3. The summed E-state index contributed by atoms with van der Waals surface area (Å²) in [6.07, 6.45) is 1.65. The lowest BCUT2D eigenvalue weighted by Gasteiger charge is -2.10. The summed E-state index contributed by atoms with van der Waals surface area (Å²) < 4.78 is 5.28. The van der Waals surface area contributed by atoms with Crippen LogP contribution in [-0.4, -0.2) is 17.3 Å². The summed E-state index contributed by atoms with van der Waals surface area (Å²) in [5, 5.41) is 11.8. The number of rotatable bonds is 5. The molecule has 2 rings (SSSR count). The highest BCUT2D eigenvalue weighted by molar-refractivity contribution is 6.31. The van der Waals surface area contributed by atoms with Crippen molar-refractivity contribution in [3.63, 3.8) is 0 Å². The maximum Gasteiger partial charge on any atom is 0.124 e. The van der Waals surface area contributed by atoms with Crippen LogP contribution in [0.2, 0.25) is 5.02 Å². The summed E-state index contributed by atoms with van der Waals surface area (Å²) in [6.45, 7) is 1.27. The lowest BCUT2D eigenvalue weighted by atomic mass is 10.2. The minimum absolute atomic E-state index is 0.624. The fourth-order valence-corrected chi connectivity index (χ4v) is 1.88. The Hall–Kier alpha value is -1.65. The zero-order valence-electron chi connectivity index (χ0n) is 10.1. The number of nitrogens with one attached hydrogen (secondary N) is 1. The number of hydrogen-bond donors (Lipinski definition) is 1. The van der Waals surface area contributed by atoms with E-state index in [4.69, 9.17) is 16.3 Å². The van der Waals surface area contributed by atoms with Gasteiger partial charge in [0, 0.05) is 29.9 Å². The van der Waals surface area contributed by atoms with Crippen LogP contribution in [0.5, 0.6) is 5.75 Å². The van der Waals surface area contributed by atoms with Gasteiger partial charge in [-0.25, -0.2) is 0 Å². The second-order valence-electron chi connectivity index (χ2n) is 3.74. The van der Waals surface area contributed by atoms with Crippen LogP contribution in [0.1, 0.15) is 11.3 Å². The van der Waals surface area contributed by atoms with E-state index in [0.717, 1.165) is 17.0 Å². The molecular formula is C13H14ClN3O. The summed E-state index contributed by atoms with van der Waals surface area (Å²) in [5.41, 5.74) is 1.84. The zero-order chi connectivity index (χ0) is 12.8. The van der Waals surface area contributed by atoms with E-state index in [1.807, 2.05) is 30.3 Å². The highest BCUT2D eigenvalue weighted by atomic mass is 35.5. The quantitative estimate of drug-likeness (QED) is 0.900. The molecular weight excluding hydrogens is 250 g/mol. The molecule has 5 heteroatoms. The number of halogens is 1. The molecule has 0 radical (unpaired) electrons. The lowest BCUT2D eigenvalue weighted by Crippen LogP contribution is -2.14. The number of methoxy groups -OCH3 is 1. The van der Waals surface area contributed by atoms with E-state index < -0.39 is 0 Å². The average molecular weight is 264 g/mol. The van der Waals surface area contributed by atoms with Crippen LogP contribution >= 0.6 is 11.6 Å². The van der Waals surface area contributed by atoms with Gasteiger partial charge in [0.2, 0.25) is 0 Å². The Bertz CT molecular complexity index is 505. The monoisotopic (exact) mass is 263 g/mol. The van der Waals surface area contributed by atoms with Gasteiger partial charge in [-0.05, 0) is 24.3 Å². The minimum Gasteiger partial charge on any atom is -0.496 e. The van der Waals surface area contributed by atoms with E-state index in [2.05, 4.69) is 15.5 Å². The first kappa shape index (κ1) is 12.8. The highest BCUT2D eigenvalue weighted by Crippen LogP contribution is 2.25. The largest absolute Gasteiger partial charge is 0.496 e. The second-order valence-corrected chi connectivity index (χ2v) is 4.15. The van der Waals surface area contributed by atoms with Crippen molar-refractivity contribution >= 4 is 11.6 Å².